The maximum Gasteiger partial charge on any atom is 0.403 e. The van der Waals surface area contributed by atoms with Crippen molar-refractivity contribution in [3.8, 4) is 0 Å². The average molecular weight is 423 g/mol. The van der Waals surface area contributed by atoms with Crippen LogP contribution < -0.4 is 21.5 Å². The van der Waals surface area contributed by atoms with Gasteiger partial charge < -0.3 is 4.90 Å². The van der Waals surface area contributed by atoms with Crippen LogP contribution in [0.3, 0.4) is 0 Å². The van der Waals surface area contributed by atoms with Crippen molar-refractivity contribution in [1.82, 2.24) is 31.3 Å². The molecule has 4 N–H and O–H groups in total. The second kappa shape index (κ2) is 9.32. The maximum atomic E-state index is 13.5. The highest BCUT2D eigenvalue weighted by molar-refractivity contribution is 4.93. The highest BCUT2D eigenvalue weighted by atomic mass is 19.4. The second-order valence-electron chi connectivity index (χ2n) is 9.07. The Morgan fingerprint density at radius 3 is 2.34 bits per heavy atom. The summed E-state index contributed by atoms with van der Waals surface area (Å²) >= 11 is 0. The number of nitrogens with one attached hydrogen (secondary N) is 4. The minimum absolute atomic E-state index is 0.0767. The molecule has 0 amide bonds. The number of halogens is 4. The summed E-state index contributed by atoms with van der Waals surface area (Å²) in [4.78, 5) is 4.51. The van der Waals surface area contributed by atoms with Crippen molar-refractivity contribution in [3.63, 3.8) is 0 Å². The lowest BCUT2D eigenvalue weighted by Crippen LogP contribution is -2.67. The zero-order valence-electron chi connectivity index (χ0n) is 16.9. The van der Waals surface area contributed by atoms with Gasteiger partial charge in [0.25, 0.3) is 0 Å². The zero-order valence-corrected chi connectivity index (χ0v) is 16.9. The van der Waals surface area contributed by atoms with E-state index in [0.29, 0.717) is 37.3 Å². The van der Waals surface area contributed by atoms with Gasteiger partial charge in [-0.15, -0.1) is 0 Å². The predicted molar refractivity (Wildman–Crippen MR) is 103 cm³/mol. The van der Waals surface area contributed by atoms with Crippen molar-refractivity contribution >= 4 is 0 Å². The summed E-state index contributed by atoms with van der Waals surface area (Å²) in [6.45, 7) is 5.49. The fraction of sp³-hybridized carbons (Fsp3) is 1.00. The summed E-state index contributed by atoms with van der Waals surface area (Å²) in [5.41, 5.74) is 6.72. The van der Waals surface area contributed by atoms with Crippen LogP contribution in [0.1, 0.15) is 32.1 Å². The molecule has 4 atom stereocenters. The van der Waals surface area contributed by atoms with E-state index in [1.165, 1.54) is 0 Å². The molecule has 10 heteroatoms. The Morgan fingerprint density at radius 1 is 0.931 bits per heavy atom. The van der Waals surface area contributed by atoms with Crippen molar-refractivity contribution in [2.45, 2.75) is 62.8 Å². The molecule has 29 heavy (non-hydrogen) atoms. The lowest BCUT2D eigenvalue weighted by Gasteiger charge is -2.44. The van der Waals surface area contributed by atoms with Crippen LogP contribution in [0, 0.1) is 11.8 Å². The lowest BCUT2D eigenvalue weighted by atomic mass is 9.79. The number of piperazine rings is 1. The van der Waals surface area contributed by atoms with Crippen LogP contribution in [-0.2, 0) is 0 Å². The molecule has 6 nitrogen and oxygen atoms in total. The number of hydrogen-bond donors (Lipinski definition) is 4. The number of hydrogen-bond acceptors (Lipinski definition) is 6. The Morgan fingerprint density at radius 2 is 1.66 bits per heavy atom. The smallest absolute Gasteiger partial charge is 0.300 e. The summed E-state index contributed by atoms with van der Waals surface area (Å²) in [5.74, 6) is 1.02. The van der Waals surface area contributed by atoms with Crippen LogP contribution in [0.4, 0.5) is 17.6 Å². The van der Waals surface area contributed by atoms with Gasteiger partial charge in [0.05, 0.1) is 0 Å². The molecular weight excluding hydrogens is 388 g/mol. The molecule has 0 spiro atoms. The monoisotopic (exact) mass is 422 g/mol. The van der Waals surface area contributed by atoms with Gasteiger partial charge in [0.15, 0.2) is 0 Å². The molecule has 0 aromatic heterocycles. The normalized spacial score (nSPS) is 41.0. The molecule has 4 fully saturated rings. The molecule has 1 aliphatic carbocycles. The average Bonchev–Trinajstić information content (AvgIpc) is 3.17. The Kier molecular flexibility index (Phi) is 6.97. The molecule has 4 aliphatic rings. The minimum Gasteiger partial charge on any atom is -0.300 e. The largest absolute Gasteiger partial charge is 0.403 e. The first kappa shape index (κ1) is 21.7. The van der Waals surface area contributed by atoms with E-state index in [-0.39, 0.29) is 6.42 Å². The third-order valence-corrected chi connectivity index (χ3v) is 7.14. The van der Waals surface area contributed by atoms with Gasteiger partial charge in [-0.25, -0.2) is 4.39 Å². The van der Waals surface area contributed by atoms with Crippen LogP contribution in [0.25, 0.3) is 0 Å². The van der Waals surface area contributed by atoms with E-state index < -0.39 is 24.7 Å². The van der Waals surface area contributed by atoms with Crippen LogP contribution >= 0.6 is 0 Å². The van der Waals surface area contributed by atoms with Crippen LogP contribution in [0.2, 0.25) is 0 Å². The fourth-order valence-electron chi connectivity index (χ4n) is 5.40. The summed E-state index contributed by atoms with van der Waals surface area (Å²) in [6, 6.07) is -1.04. The first-order valence-corrected chi connectivity index (χ1v) is 11.0. The summed E-state index contributed by atoms with van der Waals surface area (Å²) in [7, 11) is 0. The van der Waals surface area contributed by atoms with Gasteiger partial charge in [-0.05, 0) is 44.6 Å². The zero-order chi connectivity index (χ0) is 20.4. The van der Waals surface area contributed by atoms with E-state index in [1.54, 1.807) is 0 Å². The van der Waals surface area contributed by atoms with E-state index in [1.807, 2.05) is 0 Å². The van der Waals surface area contributed by atoms with E-state index in [2.05, 4.69) is 31.3 Å². The predicted octanol–water partition coefficient (Wildman–Crippen LogP) is 1.02. The van der Waals surface area contributed by atoms with E-state index in [0.717, 1.165) is 52.1 Å². The molecule has 4 rings (SSSR count). The lowest BCUT2D eigenvalue weighted by molar-refractivity contribution is -0.169. The molecule has 3 saturated heterocycles. The molecule has 168 valence electrons. The third kappa shape index (κ3) is 5.40. The number of alkyl halides is 4. The summed E-state index contributed by atoms with van der Waals surface area (Å²) in [6.07, 6.45) is -1.91. The maximum absolute atomic E-state index is 13.5. The van der Waals surface area contributed by atoms with Gasteiger partial charge in [0.1, 0.15) is 18.5 Å². The molecule has 1 saturated carbocycles. The number of nitrogens with zero attached hydrogens (tertiary/aromatic N) is 2. The minimum atomic E-state index is -4.19. The first-order chi connectivity index (χ1) is 13.9. The molecule has 0 aromatic carbocycles. The molecule has 3 heterocycles. The van der Waals surface area contributed by atoms with Gasteiger partial charge in [-0.1, -0.05) is 0 Å². The highest BCUT2D eigenvalue weighted by Gasteiger charge is 2.43. The molecule has 0 bridgehead atoms. The van der Waals surface area contributed by atoms with Crippen molar-refractivity contribution < 1.29 is 17.6 Å². The van der Waals surface area contributed by atoms with Gasteiger partial charge in [0, 0.05) is 51.2 Å². The Hall–Kier alpha value is -0.520. The molecule has 0 aromatic rings. The molecule has 3 aliphatic heterocycles. The molecule has 0 radical (unpaired) electrons. The van der Waals surface area contributed by atoms with Crippen LogP contribution in [0.15, 0.2) is 0 Å². The van der Waals surface area contributed by atoms with Crippen molar-refractivity contribution in [2.75, 3.05) is 45.8 Å². The number of rotatable bonds is 4. The second-order valence-corrected chi connectivity index (χ2v) is 9.07. The van der Waals surface area contributed by atoms with Gasteiger partial charge in [0.2, 0.25) is 0 Å². The topological polar surface area (TPSA) is 54.6 Å². The summed E-state index contributed by atoms with van der Waals surface area (Å²) in [5, 5.41) is 5.90. The Labute approximate surface area is 170 Å². The SMILES string of the molecule is FC1CCC(C2NNCC2CN2CCN(C3NCCC(C(F)(F)F)N3)CC2)CC1. The molecular formula is C19H34F4N6. The third-order valence-electron chi connectivity index (χ3n) is 7.14. The van der Waals surface area contributed by atoms with Crippen molar-refractivity contribution in [2.24, 2.45) is 11.8 Å². The van der Waals surface area contributed by atoms with Crippen LogP contribution in [-0.4, -0.2) is 86.3 Å². The van der Waals surface area contributed by atoms with E-state index in [9.17, 15) is 17.6 Å². The van der Waals surface area contributed by atoms with Gasteiger partial charge >= 0.3 is 6.18 Å². The van der Waals surface area contributed by atoms with Crippen molar-refractivity contribution in [3.05, 3.63) is 0 Å². The van der Waals surface area contributed by atoms with E-state index in [4.69, 9.17) is 0 Å². The van der Waals surface area contributed by atoms with E-state index >= 15 is 0 Å². The summed E-state index contributed by atoms with van der Waals surface area (Å²) < 4.78 is 52.6. The van der Waals surface area contributed by atoms with Crippen molar-refractivity contribution in [1.29, 1.82) is 0 Å². The van der Waals surface area contributed by atoms with Crippen LogP contribution in [0.5, 0.6) is 0 Å². The van der Waals surface area contributed by atoms with Gasteiger partial charge in [-0.2, -0.15) is 13.2 Å². The first-order valence-electron chi connectivity index (χ1n) is 11.0. The van der Waals surface area contributed by atoms with Gasteiger partial charge in [-0.3, -0.25) is 26.4 Å². The Balaban J connectivity index is 1.23. The quantitative estimate of drug-likeness (QED) is 0.508. The number of hydrazine groups is 1. The Bertz CT molecular complexity index is 519. The standard InChI is InChI=1S/C19H34F4N6/c20-15-3-1-13(2-4-15)17-14(11-25-27-17)12-28-7-9-29(10-8-28)18-24-6-5-16(26-18)19(21,22)23/h13-18,24-27H,1-12H2. The molecule has 4 unspecified atom stereocenters. The highest BCUT2D eigenvalue weighted by Crippen LogP contribution is 2.32. The fourth-order valence-corrected chi connectivity index (χ4v) is 5.40.